The third-order valence-electron chi connectivity index (χ3n) is 2.40. The molecule has 100 valence electrons. The summed E-state index contributed by atoms with van der Waals surface area (Å²) in [6, 6.07) is 5.41. The number of amidine groups is 1. The van der Waals surface area contributed by atoms with Crippen LogP contribution in [0, 0.1) is 5.92 Å². The third kappa shape index (κ3) is 3.52. The molecule has 0 fully saturated rings. The van der Waals surface area contributed by atoms with E-state index in [1.807, 2.05) is 12.1 Å². The first kappa shape index (κ1) is 14.6. The number of hydrogen-bond donors (Lipinski definition) is 4. The fraction of sp³-hybridized carbons (Fsp3) is 0.364. The minimum absolute atomic E-state index is 0.183. The lowest BCUT2D eigenvalue weighted by Gasteiger charge is -2.14. The van der Waals surface area contributed by atoms with Gasteiger partial charge in [-0.1, -0.05) is 26.0 Å². The van der Waals surface area contributed by atoms with Gasteiger partial charge in [-0.3, -0.25) is 0 Å². The lowest BCUT2D eigenvalue weighted by Crippen LogP contribution is -2.26. The van der Waals surface area contributed by atoms with E-state index in [0.29, 0.717) is 16.4 Å². The van der Waals surface area contributed by atoms with Gasteiger partial charge < -0.3 is 5.73 Å². The second kappa shape index (κ2) is 6.48. The molecule has 0 saturated heterocycles. The number of nitrogens with zero attached hydrogens (tertiary/aromatic N) is 1. The molecule has 1 aromatic rings. The van der Waals surface area contributed by atoms with Crippen molar-refractivity contribution in [1.29, 1.82) is 0 Å². The van der Waals surface area contributed by atoms with Crippen molar-refractivity contribution in [2.24, 2.45) is 27.7 Å². The summed E-state index contributed by atoms with van der Waals surface area (Å²) >= 11 is 0. The topological polar surface area (TPSA) is 120 Å². The van der Waals surface area contributed by atoms with Gasteiger partial charge in [0.15, 0.2) is 5.84 Å². The average molecular weight is 269 g/mol. The highest BCUT2D eigenvalue weighted by molar-refractivity contribution is 7.82. The Morgan fingerprint density at radius 3 is 2.67 bits per heavy atom. The van der Waals surface area contributed by atoms with Crippen LogP contribution < -0.4 is 22.3 Å². The third-order valence-corrected chi connectivity index (χ3v) is 3.17. The molecule has 1 rings (SSSR count). The van der Waals surface area contributed by atoms with E-state index in [-0.39, 0.29) is 5.84 Å². The molecular weight excluding hydrogens is 250 g/mol. The van der Waals surface area contributed by atoms with Crippen molar-refractivity contribution in [2.75, 3.05) is 0 Å². The number of hydrogen-bond acceptors (Lipinski definition) is 4. The van der Waals surface area contributed by atoms with Crippen molar-refractivity contribution in [3.8, 4) is 0 Å². The molecule has 1 unspecified atom stereocenters. The molecule has 0 amide bonds. The first-order chi connectivity index (χ1) is 8.47. The summed E-state index contributed by atoms with van der Waals surface area (Å²) in [5.41, 5.74) is 9.53. The van der Waals surface area contributed by atoms with Gasteiger partial charge in [0.2, 0.25) is 0 Å². The normalized spacial score (nSPS) is 13.7. The van der Waals surface area contributed by atoms with Crippen LogP contribution in [-0.4, -0.2) is 10.0 Å². The maximum absolute atomic E-state index is 11.5. The Bertz CT molecular complexity index is 473. The second-order valence-electron chi connectivity index (χ2n) is 4.31. The highest BCUT2D eigenvalue weighted by Gasteiger charge is 2.15. The highest BCUT2D eigenvalue weighted by atomic mass is 32.2. The van der Waals surface area contributed by atoms with Crippen LogP contribution >= 0.6 is 0 Å². The Hall–Kier alpha value is -1.44. The first-order valence-electron chi connectivity index (χ1n) is 5.54. The molecule has 0 aromatic heterocycles. The van der Waals surface area contributed by atoms with Crippen molar-refractivity contribution in [3.05, 3.63) is 29.3 Å². The second-order valence-corrected chi connectivity index (χ2v) is 5.35. The maximum Gasteiger partial charge on any atom is 0.153 e. The molecule has 6 nitrogen and oxygen atoms in total. The van der Waals surface area contributed by atoms with Crippen LogP contribution in [0.4, 0.5) is 0 Å². The van der Waals surface area contributed by atoms with Gasteiger partial charge in [-0.05, 0) is 24.0 Å². The molecule has 0 aliphatic carbocycles. The number of benzene rings is 1. The van der Waals surface area contributed by atoms with Crippen LogP contribution in [0.5, 0.6) is 0 Å². The van der Waals surface area contributed by atoms with E-state index < -0.39 is 11.0 Å². The number of rotatable bonds is 5. The molecule has 0 saturated carbocycles. The fourth-order valence-electron chi connectivity index (χ4n) is 1.77. The minimum Gasteiger partial charge on any atom is -0.382 e. The van der Waals surface area contributed by atoms with Crippen molar-refractivity contribution in [1.82, 2.24) is 5.53 Å². The Kier molecular flexibility index (Phi) is 5.26. The smallest absolute Gasteiger partial charge is 0.153 e. The molecule has 18 heavy (non-hydrogen) atoms. The number of nitrogens with two attached hydrogens (primary N) is 3. The SMILES string of the molecule is CC(C)Cc1cccc(S(N)=O)c1/C(N)=N/NN. The summed E-state index contributed by atoms with van der Waals surface area (Å²) in [6.07, 6.45) is 0.793. The molecule has 0 aliphatic heterocycles. The molecule has 7 N–H and O–H groups in total. The van der Waals surface area contributed by atoms with Crippen LogP contribution in [0.25, 0.3) is 0 Å². The molecule has 0 bridgehead atoms. The van der Waals surface area contributed by atoms with E-state index in [0.717, 1.165) is 12.0 Å². The summed E-state index contributed by atoms with van der Waals surface area (Å²) in [5.74, 6) is 5.74. The van der Waals surface area contributed by atoms with E-state index >= 15 is 0 Å². The Labute approximate surface area is 109 Å². The molecule has 0 aliphatic rings. The molecular formula is C11H19N5OS. The van der Waals surface area contributed by atoms with Gasteiger partial charge in [-0.15, -0.1) is 5.10 Å². The Morgan fingerprint density at radius 1 is 1.50 bits per heavy atom. The van der Waals surface area contributed by atoms with Crippen LogP contribution in [0.2, 0.25) is 0 Å². The van der Waals surface area contributed by atoms with Gasteiger partial charge >= 0.3 is 0 Å². The van der Waals surface area contributed by atoms with E-state index in [2.05, 4.69) is 24.5 Å². The summed E-state index contributed by atoms with van der Waals surface area (Å²) < 4.78 is 11.5. The quantitative estimate of drug-likeness (QED) is 0.259. The zero-order valence-corrected chi connectivity index (χ0v) is 11.3. The number of nitrogens with one attached hydrogen (secondary N) is 1. The molecule has 0 heterocycles. The zero-order chi connectivity index (χ0) is 13.7. The monoisotopic (exact) mass is 269 g/mol. The lowest BCUT2D eigenvalue weighted by molar-refractivity contribution is 0.644. The Morgan fingerprint density at radius 2 is 2.17 bits per heavy atom. The molecule has 1 atom stereocenters. The van der Waals surface area contributed by atoms with Gasteiger partial charge in [-0.2, -0.15) is 0 Å². The van der Waals surface area contributed by atoms with E-state index in [1.54, 1.807) is 6.07 Å². The molecule has 0 radical (unpaired) electrons. The van der Waals surface area contributed by atoms with Crippen molar-refractivity contribution < 1.29 is 4.21 Å². The summed E-state index contributed by atoms with van der Waals surface area (Å²) in [5, 5.41) is 9.20. The fourth-order valence-corrected chi connectivity index (χ4v) is 2.42. The van der Waals surface area contributed by atoms with Gasteiger partial charge in [0.1, 0.15) is 11.0 Å². The molecule has 7 heteroatoms. The van der Waals surface area contributed by atoms with E-state index in [1.165, 1.54) is 0 Å². The van der Waals surface area contributed by atoms with Crippen LogP contribution in [0.15, 0.2) is 28.2 Å². The number of hydrazine groups is 1. The summed E-state index contributed by atoms with van der Waals surface area (Å²) in [6.45, 7) is 4.18. The van der Waals surface area contributed by atoms with Crippen molar-refractivity contribution in [3.63, 3.8) is 0 Å². The van der Waals surface area contributed by atoms with Crippen LogP contribution in [-0.2, 0) is 17.4 Å². The average Bonchev–Trinajstić information content (AvgIpc) is 2.28. The van der Waals surface area contributed by atoms with Crippen LogP contribution in [0.1, 0.15) is 25.0 Å². The minimum atomic E-state index is -1.62. The zero-order valence-electron chi connectivity index (χ0n) is 10.5. The molecule has 0 spiro atoms. The predicted octanol–water partition coefficient (Wildman–Crippen LogP) is -0.0500. The van der Waals surface area contributed by atoms with Crippen molar-refractivity contribution in [2.45, 2.75) is 25.2 Å². The van der Waals surface area contributed by atoms with Gasteiger partial charge in [0.25, 0.3) is 0 Å². The summed E-state index contributed by atoms with van der Waals surface area (Å²) in [7, 11) is -1.62. The van der Waals surface area contributed by atoms with E-state index in [9.17, 15) is 4.21 Å². The largest absolute Gasteiger partial charge is 0.382 e. The summed E-state index contributed by atoms with van der Waals surface area (Å²) in [4.78, 5) is 0.463. The predicted molar refractivity (Wildman–Crippen MR) is 73.6 cm³/mol. The maximum atomic E-state index is 11.5. The highest BCUT2D eigenvalue weighted by Crippen LogP contribution is 2.20. The first-order valence-corrected chi connectivity index (χ1v) is 6.75. The van der Waals surface area contributed by atoms with Gasteiger partial charge in [0.05, 0.1) is 4.90 Å². The lowest BCUT2D eigenvalue weighted by atomic mass is 9.97. The van der Waals surface area contributed by atoms with Crippen LogP contribution in [0.3, 0.4) is 0 Å². The Balaban J connectivity index is 3.38. The van der Waals surface area contributed by atoms with Gasteiger partial charge in [0, 0.05) is 5.56 Å². The van der Waals surface area contributed by atoms with Gasteiger partial charge in [-0.25, -0.2) is 20.7 Å². The van der Waals surface area contributed by atoms with Crippen molar-refractivity contribution >= 4 is 16.8 Å². The number of hydrazone groups is 1. The molecule has 1 aromatic carbocycles. The standard InChI is InChI=1S/C11H19N5OS/c1-7(2)6-8-4-3-5-9(18(14)17)10(8)11(12)15-16-13/h3-5,7,16H,6,13-14H2,1-2H3,(H2,12,15). The van der Waals surface area contributed by atoms with E-state index in [4.69, 9.17) is 16.7 Å².